The van der Waals surface area contributed by atoms with Crippen molar-refractivity contribution in [2.75, 3.05) is 13.7 Å². The van der Waals surface area contributed by atoms with Crippen molar-refractivity contribution >= 4 is 28.0 Å². The Balaban J connectivity index is 1.84. The molecule has 5 rings (SSSR count). The van der Waals surface area contributed by atoms with E-state index < -0.39 is 23.3 Å². The number of hydrogen-bond donors (Lipinski definition) is 2. The summed E-state index contributed by atoms with van der Waals surface area (Å²) in [5.41, 5.74) is 3.88. The van der Waals surface area contributed by atoms with Crippen LogP contribution >= 0.6 is 0 Å². The quantitative estimate of drug-likeness (QED) is 0.404. The number of nitriles is 1. The van der Waals surface area contributed by atoms with Crippen LogP contribution in [0.15, 0.2) is 30.5 Å². The maximum atomic E-state index is 14.4. The van der Waals surface area contributed by atoms with Gasteiger partial charge in [-0.2, -0.15) is 10.4 Å². The zero-order chi connectivity index (χ0) is 25.6. The third-order valence-corrected chi connectivity index (χ3v) is 6.90. The minimum absolute atomic E-state index is 0.0996. The number of aliphatic carboxylic acids is 1. The number of ether oxygens (including phenoxy) is 2. The summed E-state index contributed by atoms with van der Waals surface area (Å²) in [6, 6.07) is 8.92. The van der Waals surface area contributed by atoms with Crippen LogP contribution in [0.5, 0.6) is 5.75 Å². The summed E-state index contributed by atoms with van der Waals surface area (Å²) in [6.07, 6.45) is 2.01. The number of carboxylic acid groups (broad SMARTS) is 1. The molecule has 10 heteroatoms. The molecular weight excluding hydrogens is 465 g/mol. The zero-order valence-electron chi connectivity index (χ0n) is 20.2. The molecule has 0 saturated carbocycles. The number of aromatic nitrogens is 4. The monoisotopic (exact) mass is 491 g/mol. The zero-order valence-corrected chi connectivity index (χ0v) is 20.2. The lowest BCUT2D eigenvalue weighted by molar-refractivity contribution is -0.153. The van der Waals surface area contributed by atoms with Crippen LogP contribution in [0.4, 0.5) is 4.39 Å². The first-order chi connectivity index (χ1) is 17.2. The highest BCUT2D eigenvalue weighted by Crippen LogP contribution is 2.45. The number of fused-ring (bicyclic) bond motifs is 2. The number of halogens is 1. The van der Waals surface area contributed by atoms with E-state index in [1.807, 2.05) is 24.5 Å². The minimum atomic E-state index is -0.975. The molecule has 1 saturated heterocycles. The van der Waals surface area contributed by atoms with E-state index in [2.05, 4.69) is 16.3 Å². The predicted molar refractivity (Wildman–Crippen MR) is 130 cm³/mol. The molecule has 2 N–H and O–H groups in total. The number of carboxylic acids is 1. The number of nitrogens with zero attached hydrogens (tertiary/aromatic N) is 4. The fraction of sp³-hybridized carbons (Fsp3) is 0.385. The van der Waals surface area contributed by atoms with E-state index in [4.69, 9.17) is 14.5 Å². The summed E-state index contributed by atoms with van der Waals surface area (Å²) in [6.45, 7) is 4.19. The Morgan fingerprint density at radius 3 is 2.86 bits per heavy atom. The second-order valence-electron chi connectivity index (χ2n) is 9.73. The molecule has 1 aliphatic heterocycles. The molecule has 0 radical (unpaired) electrons. The number of rotatable bonds is 6. The lowest BCUT2D eigenvalue weighted by Crippen LogP contribution is -2.32. The average molecular weight is 492 g/mol. The smallest absolute Gasteiger partial charge is 0.332 e. The molecule has 1 fully saturated rings. The largest absolute Gasteiger partial charge is 0.494 e. The van der Waals surface area contributed by atoms with E-state index in [-0.39, 0.29) is 24.7 Å². The Bertz CT molecular complexity index is 1510. The second-order valence-corrected chi connectivity index (χ2v) is 9.73. The van der Waals surface area contributed by atoms with Gasteiger partial charge >= 0.3 is 5.97 Å². The van der Waals surface area contributed by atoms with Crippen LogP contribution in [-0.4, -0.2) is 50.6 Å². The van der Waals surface area contributed by atoms with Gasteiger partial charge in [-0.1, -0.05) is 13.8 Å². The molecule has 2 atom stereocenters. The summed E-state index contributed by atoms with van der Waals surface area (Å²) in [4.78, 5) is 16.4. The number of aromatic amines is 1. The Morgan fingerprint density at radius 1 is 1.39 bits per heavy atom. The van der Waals surface area contributed by atoms with Crippen molar-refractivity contribution in [3.05, 3.63) is 47.5 Å². The van der Waals surface area contributed by atoms with Gasteiger partial charge in [-0.25, -0.2) is 14.2 Å². The first-order valence-corrected chi connectivity index (χ1v) is 11.7. The van der Waals surface area contributed by atoms with Gasteiger partial charge in [-0.05, 0) is 31.0 Å². The highest BCUT2D eigenvalue weighted by molar-refractivity contribution is 5.94. The first kappa shape index (κ1) is 23.8. The number of methoxy groups -OCH3 is 1. The van der Waals surface area contributed by atoms with Crippen LogP contribution in [-0.2, 0) is 14.9 Å². The van der Waals surface area contributed by atoms with Gasteiger partial charge in [-0.3, -0.25) is 5.10 Å². The van der Waals surface area contributed by atoms with E-state index >= 15 is 0 Å². The van der Waals surface area contributed by atoms with Crippen LogP contribution in [0.2, 0.25) is 0 Å². The Labute approximate surface area is 206 Å². The number of pyridine rings is 1. The molecular formula is C26H26FN5O4. The van der Waals surface area contributed by atoms with Gasteiger partial charge in [0.15, 0.2) is 23.3 Å². The van der Waals surface area contributed by atoms with E-state index in [0.717, 1.165) is 22.2 Å². The van der Waals surface area contributed by atoms with Gasteiger partial charge in [0.1, 0.15) is 0 Å². The normalized spacial score (nSPS) is 18.4. The summed E-state index contributed by atoms with van der Waals surface area (Å²) in [5, 5.41) is 26.9. The SMILES string of the molecule is COc1cc(-n2c(C(C)(C)CC#N)c([C@@H]3CCC(C(=O)O)OC3)c3nc4[nH]ncc4cc32)ccc1F. The first-order valence-electron chi connectivity index (χ1n) is 11.7. The van der Waals surface area contributed by atoms with E-state index in [1.165, 1.54) is 13.2 Å². The number of nitrogens with one attached hydrogen (secondary N) is 1. The van der Waals surface area contributed by atoms with Crippen LogP contribution in [0.25, 0.3) is 27.8 Å². The number of hydrogen-bond acceptors (Lipinski definition) is 6. The highest BCUT2D eigenvalue weighted by Gasteiger charge is 2.38. The van der Waals surface area contributed by atoms with Crippen molar-refractivity contribution in [2.45, 2.75) is 50.5 Å². The highest BCUT2D eigenvalue weighted by atomic mass is 19.1. The molecule has 0 amide bonds. The van der Waals surface area contributed by atoms with Crippen molar-refractivity contribution in [2.24, 2.45) is 0 Å². The van der Waals surface area contributed by atoms with Crippen LogP contribution in [0, 0.1) is 17.1 Å². The lowest BCUT2D eigenvalue weighted by atomic mass is 9.79. The predicted octanol–water partition coefficient (Wildman–Crippen LogP) is 4.59. The van der Waals surface area contributed by atoms with Gasteiger partial charge in [0.05, 0.1) is 37.0 Å². The molecule has 1 aliphatic rings. The summed E-state index contributed by atoms with van der Waals surface area (Å²) in [7, 11) is 1.41. The standard InChI is InChI=1S/C26H26FN5O4/c1-26(2,8-9-28)23-21(14-4-7-19(25(33)34)36-13-14)22-18(10-15-12-29-31-24(15)30-22)32(23)16-5-6-17(27)20(11-16)35-3/h5-6,10-12,14,19H,4,7-8,13H2,1-3H3,(H,33,34)(H,29,30,31)/t14-,19?/m1/s1. The number of carbonyl (C=O) groups is 1. The Kier molecular flexibility index (Phi) is 5.88. The van der Waals surface area contributed by atoms with Gasteiger partial charge in [0.2, 0.25) is 0 Å². The van der Waals surface area contributed by atoms with Gasteiger partial charge in [0.25, 0.3) is 0 Å². The van der Waals surface area contributed by atoms with Crippen LogP contribution in [0.3, 0.4) is 0 Å². The van der Waals surface area contributed by atoms with Gasteiger partial charge < -0.3 is 19.1 Å². The molecule has 3 aromatic heterocycles. The minimum Gasteiger partial charge on any atom is -0.494 e. The molecule has 1 aromatic carbocycles. The maximum Gasteiger partial charge on any atom is 0.332 e. The Morgan fingerprint density at radius 2 is 2.19 bits per heavy atom. The number of benzene rings is 1. The fourth-order valence-corrected chi connectivity index (χ4v) is 5.16. The molecule has 0 aliphatic carbocycles. The van der Waals surface area contributed by atoms with E-state index in [9.17, 15) is 19.6 Å². The molecule has 4 aromatic rings. The van der Waals surface area contributed by atoms with Crippen molar-refractivity contribution in [3.63, 3.8) is 0 Å². The third kappa shape index (κ3) is 3.85. The van der Waals surface area contributed by atoms with Crippen molar-refractivity contribution in [1.29, 1.82) is 5.26 Å². The van der Waals surface area contributed by atoms with Crippen molar-refractivity contribution in [3.8, 4) is 17.5 Å². The second kappa shape index (κ2) is 8.91. The molecule has 0 bridgehead atoms. The summed E-state index contributed by atoms with van der Waals surface area (Å²) in [5.74, 6) is -1.50. The Hall–Kier alpha value is -3.97. The fourth-order valence-electron chi connectivity index (χ4n) is 5.16. The van der Waals surface area contributed by atoms with Crippen molar-refractivity contribution in [1.82, 2.24) is 19.7 Å². The molecule has 36 heavy (non-hydrogen) atoms. The molecule has 0 spiro atoms. The van der Waals surface area contributed by atoms with Crippen molar-refractivity contribution < 1.29 is 23.8 Å². The topological polar surface area (TPSA) is 126 Å². The maximum absolute atomic E-state index is 14.4. The summed E-state index contributed by atoms with van der Waals surface area (Å²) >= 11 is 0. The van der Waals surface area contributed by atoms with E-state index in [0.29, 0.717) is 29.7 Å². The van der Waals surface area contributed by atoms with Gasteiger partial charge in [0, 0.05) is 46.2 Å². The molecule has 186 valence electrons. The number of H-pyrrole nitrogens is 1. The van der Waals surface area contributed by atoms with E-state index in [1.54, 1.807) is 18.3 Å². The summed E-state index contributed by atoms with van der Waals surface area (Å²) < 4.78 is 27.4. The molecule has 4 heterocycles. The molecule has 9 nitrogen and oxygen atoms in total. The van der Waals surface area contributed by atoms with Crippen LogP contribution in [0.1, 0.15) is 50.3 Å². The average Bonchev–Trinajstić information content (AvgIpc) is 3.45. The third-order valence-electron chi connectivity index (χ3n) is 6.90. The molecule has 1 unspecified atom stereocenters. The lowest BCUT2D eigenvalue weighted by Gasteiger charge is -2.31. The van der Waals surface area contributed by atoms with Crippen LogP contribution < -0.4 is 4.74 Å². The van der Waals surface area contributed by atoms with Gasteiger partial charge in [-0.15, -0.1) is 0 Å².